The second kappa shape index (κ2) is 9.43. The summed E-state index contributed by atoms with van der Waals surface area (Å²) in [6, 6.07) is 8.32. The molecule has 0 N–H and O–H groups in total. The first-order valence-electron chi connectivity index (χ1n) is 11.3. The van der Waals surface area contributed by atoms with Crippen molar-refractivity contribution >= 4 is 63.8 Å². The van der Waals surface area contributed by atoms with Crippen LogP contribution in [0.5, 0.6) is 0 Å². The molecule has 0 spiro atoms. The zero-order valence-electron chi connectivity index (χ0n) is 19.2. The van der Waals surface area contributed by atoms with E-state index >= 15 is 0 Å². The Kier molecular flexibility index (Phi) is 6.64. The predicted octanol–water partition coefficient (Wildman–Crippen LogP) is 2.51. The lowest BCUT2D eigenvalue weighted by molar-refractivity contribution is -0.137. The Hall–Kier alpha value is -2.06. The predicted molar refractivity (Wildman–Crippen MR) is 137 cm³/mol. The number of thiophene rings is 1. The third-order valence-electron chi connectivity index (χ3n) is 6.53. The summed E-state index contributed by atoms with van der Waals surface area (Å²) in [6.07, 6.45) is 2.26. The number of anilines is 1. The van der Waals surface area contributed by atoms with Crippen LogP contribution in [-0.4, -0.2) is 82.5 Å². The summed E-state index contributed by atoms with van der Waals surface area (Å²) >= 11 is 2.67. The highest BCUT2D eigenvalue weighted by atomic mass is 32.2. The molecule has 9 nitrogen and oxygen atoms in total. The summed E-state index contributed by atoms with van der Waals surface area (Å²) in [6.45, 7) is 3.18. The van der Waals surface area contributed by atoms with Gasteiger partial charge in [0.15, 0.2) is 15.0 Å². The van der Waals surface area contributed by atoms with E-state index in [1.807, 2.05) is 4.90 Å². The number of sulfone groups is 1. The Morgan fingerprint density at radius 2 is 1.71 bits per heavy atom. The van der Waals surface area contributed by atoms with Gasteiger partial charge in [-0.15, -0.1) is 11.3 Å². The van der Waals surface area contributed by atoms with Crippen molar-refractivity contribution in [1.82, 2.24) is 14.2 Å². The van der Waals surface area contributed by atoms with Crippen LogP contribution in [0.25, 0.3) is 10.2 Å². The molecule has 4 heterocycles. The number of piperazine rings is 1. The van der Waals surface area contributed by atoms with Gasteiger partial charge < -0.3 is 9.80 Å². The highest BCUT2D eigenvalue weighted by Gasteiger charge is 2.35. The molecule has 2 aromatic heterocycles. The molecule has 0 radical (unpaired) electrons. The Balaban J connectivity index is 1.18. The van der Waals surface area contributed by atoms with Gasteiger partial charge in [-0.3, -0.25) is 4.79 Å². The maximum atomic E-state index is 13.1. The zero-order chi connectivity index (χ0) is 24.8. The quantitative estimate of drug-likeness (QED) is 0.477. The van der Waals surface area contributed by atoms with Gasteiger partial charge in [-0.05, 0) is 42.5 Å². The normalized spacial score (nSPS) is 18.9. The standard InChI is InChI=1S/C22H26N4O5S4/c1-34(28,29)17-4-5-18-19(15-17)33-22(23-18)25-12-10-24(11-13-25)21(27)16-6-8-26(9-7-16)35(30,31)20-3-2-14-32-20/h2-5,14-16H,6-13H2,1H3. The van der Waals surface area contributed by atoms with E-state index in [0.29, 0.717) is 56.3 Å². The molecule has 0 aliphatic carbocycles. The van der Waals surface area contributed by atoms with Crippen LogP contribution in [-0.2, 0) is 24.7 Å². The number of thiazole rings is 1. The van der Waals surface area contributed by atoms with Crippen molar-refractivity contribution in [3.63, 3.8) is 0 Å². The molecule has 188 valence electrons. The van der Waals surface area contributed by atoms with Crippen LogP contribution in [0.3, 0.4) is 0 Å². The minimum Gasteiger partial charge on any atom is -0.345 e. The Morgan fingerprint density at radius 3 is 2.34 bits per heavy atom. The topological polar surface area (TPSA) is 108 Å². The average molecular weight is 555 g/mol. The number of carbonyl (C=O) groups excluding carboxylic acids is 1. The lowest BCUT2D eigenvalue weighted by Gasteiger charge is -2.38. The van der Waals surface area contributed by atoms with E-state index in [9.17, 15) is 21.6 Å². The fraction of sp³-hybridized carbons (Fsp3) is 0.455. The molecule has 3 aromatic rings. The Bertz CT molecular complexity index is 1430. The third-order valence-corrected chi connectivity index (χ3v) is 12.0. The van der Waals surface area contributed by atoms with Crippen molar-refractivity contribution < 1.29 is 21.6 Å². The summed E-state index contributed by atoms with van der Waals surface area (Å²) in [4.78, 5) is 22.1. The fourth-order valence-electron chi connectivity index (χ4n) is 4.52. The number of nitrogens with zero attached hydrogens (tertiary/aromatic N) is 4. The molecule has 2 saturated heterocycles. The lowest BCUT2D eigenvalue weighted by atomic mass is 9.96. The van der Waals surface area contributed by atoms with Crippen LogP contribution >= 0.6 is 22.7 Å². The maximum absolute atomic E-state index is 13.1. The summed E-state index contributed by atoms with van der Waals surface area (Å²) in [5.74, 6) is -0.0619. The molecular weight excluding hydrogens is 529 g/mol. The smallest absolute Gasteiger partial charge is 0.252 e. The van der Waals surface area contributed by atoms with E-state index in [1.54, 1.807) is 35.7 Å². The maximum Gasteiger partial charge on any atom is 0.252 e. The van der Waals surface area contributed by atoms with Crippen molar-refractivity contribution in [2.24, 2.45) is 5.92 Å². The third kappa shape index (κ3) is 4.96. The molecule has 2 aliphatic rings. The summed E-state index contributed by atoms with van der Waals surface area (Å²) < 4.78 is 51.8. The van der Waals surface area contributed by atoms with Crippen LogP contribution in [0.15, 0.2) is 44.8 Å². The second-order valence-corrected chi connectivity index (χ2v) is 15.0. The minimum absolute atomic E-state index is 0.0971. The number of piperidine rings is 1. The SMILES string of the molecule is CS(=O)(=O)c1ccc2nc(N3CCN(C(=O)C4CCN(S(=O)(=O)c5cccs5)CC4)CC3)sc2c1. The van der Waals surface area contributed by atoms with Gasteiger partial charge in [-0.2, -0.15) is 4.31 Å². The molecule has 13 heteroatoms. The molecule has 35 heavy (non-hydrogen) atoms. The van der Waals surface area contributed by atoms with Gasteiger partial charge in [0, 0.05) is 51.4 Å². The van der Waals surface area contributed by atoms with E-state index in [4.69, 9.17) is 0 Å². The summed E-state index contributed by atoms with van der Waals surface area (Å²) in [7, 11) is -6.75. The van der Waals surface area contributed by atoms with E-state index in [1.165, 1.54) is 33.2 Å². The lowest BCUT2D eigenvalue weighted by Crippen LogP contribution is -2.52. The number of hydrogen-bond acceptors (Lipinski definition) is 9. The number of sulfonamides is 1. The molecule has 1 amide bonds. The summed E-state index contributed by atoms with van der Waals surface area (Å²) in [5.41, 5.74) is 0.764. The molecule has 2 aliphatic heterocycles. The van der Waals surface area contributed by atoms with Crippen molar-refractivity contribution in [1.29, 1.82) is 0 Å². The monoisotopic (exact) mass is 554 g/mol. The van der Waals surface area contributed by atoms with Crippen LogP contribution in [0.4, 0.5) is 5.13 Å². The van der Waals surface area contributed by atoms with Crippen LogP contribution in [0.1, 0.15) is 12.8 Å². The average Bonchev–Trinajstić information content (AvgIpc) is 3.53. The van der Waals surface area contributed by atoms with E-state index in [0.717, 1.165) is 15.3 Å². The van der Waals surface area contributed by atoms with E-state index in [2.05, 4.69) is 9.88 Å². The van der Waals surface area contributed by atoms with Crippen molar-refractivity contribution in [2.45, 2.75) is 21.9 Å². The van der Waals surface area contributed by atoms with Gasteiger partial charge in [0.05, 0.1) is 15.1 Å². The zero-order valence-corrected chi connectivity index (χ0v) is 22.4. The van der Waals surface area contributed by atoms with Gasteiger partial charge in [-0.25, -0.2) is 21.8 Å². The van der Waals surface area contributed by atoms with Gasteiger partial charge in [0.2, 0.25) is 5.91 Å². The largest absolute Gasteiger partial charge is 0.345 e. The number of amides is 1. The number of hydrogen-bond donors (Lipinski definition) is 0. The number of aromatic nitrogens is 1. The molecule has 5 rings (SSSR count). The molecule has 2 fully saturated rings. The molecule has 1 aromatic carbocycles. The molecular formula is C22H26N4O5S4. The molecule has 0 saturated carbocycles. The molecule has 0 bridgehead atoms. The number of rotatable bonds is 5. The Labute approximate surface area is 213 Å². The van der Waals surface area contributed by atoms with Crippen molar-refractivity contribution in [3.8, 4) is 0 Å². The number of fused-ring (bicyclic) bond motifs is 1. The number of carbonyl (C=O) groups is 1. The van der Waals surface area contributed by atoms with Gasteiger partial charge in [0.25, 0.3) is 10.0 Å². The van der Waals surface area contributed by atoms with Crippen LogP contribution < -0.4 is 4.90 Å². The first-order chi connectivity index (χ1) is 16.6. The van der Waals surface area contributed by atoms with E-state index < -0.39 is 19.9 Å². The van der Waals surface area contributed by atoms with Crippen LogP contribution in [0, 0.1) is 5.92 Å². The van der Waals surface area contributed by atoms with Crippen molar-refractivity contribution in [2.75, 3.05) is 50.4 Å². The van der Waals surface area contributed by atoms with Crippen LogP contribution in [0.2, 0.25) is 0 Å². The van der Waals surface area contributed by atoms with Gasteiger partial charge in [0.1, 0.15) is 4.21 Å². The van der Waals surface area contributed by atoms with Crippen molar-refractivity contribution in [3.05, 3.63) is 35.7 Å². The highest BCUT2D eigenvalue weighted by Crippen LogP contribution is 2.32. The number of benzene rings is 1. The molecule has 0 unspecified atom stereocenters. The molecule has 0 atom stereocenters. The van der Waals surface area contributed by atoms with E-state index in [-0.39, 0.29) is 16.7 Å². The fourth-order valence-corrected chi connectivity index (χ4v) is 8.91. The highest BCUT2D eigenvalue weighted by molar-refractivity contribution is 7.91. The Morgan fingerprint density at radius 1 is 1.00 bits per heavy atom. The first kappa shape index (κ1) is 24.6. The minimum atomic E-state index is -3.47. The van der Waals surface area contributed by atoms with Gasteiger partial charge >= 0.3 is 0 Å². The first-order valence-corrected chi connectivity index (χ1v) is 16.3. The van der Waals surface area contributed by atoms with Gasteiger partial charge in [-0.1, -0.05) is 17.4 Å². The summed E-state index contributed by atoms with van der Waals surface area (Å²) in [5, 5.41) is 2.58. The second-order valence-electron chi connectivity index (χ2n) is 8.82.